The second-order valence-electron chi connectivity index (χ2n) is 5.34. The first kappa shape index (κ1) is 14.6. The number of nitrogens with one attached hydrogen (secondary N) is 1. The van der Waals surface area contributed by atoms with Crippen LogP contribution in [0.5, 0.6) is 0 Å². The second-order valence-corrected chi connectivity index (χ2v) is 6.91. The maximum Gasteiger partial charge on any atom is 0.238 e. The Bertz CT molecular complexity index is 869. The minimum absolute atomic E-state index is 0.0522. The van der Waals surface area contributed by atoms with E-state index in [9.17, 15) is 13.7 Å². The third kappa shape index (κ3) is 2.69. The number of nitriles is 1. The van der Waals surface area contributed by atoms with Crippen LogP contribution in [-0.2, 0) is 16.4 Å². The van der Waals surface area contributed by atoms with Crippen LogP contribution in [0.3, 0.4) is 0 Å². The highest BCUT2D eigenvalue weighted by Crippen LogP contribution is 2.35. The van der Waals surface area contributed by atoms with Gasteiger partial charge in [-0.2, -0.15) is 5.26 Å². The molecule has 0 fully saturated rings. The van der Waals surface area contributed by atoms with Gasteiger partial charge >= 0.3 is 0 Å². The van der Waals surface area contributed by atoms with Crippen molar-refractivity contribution < 1.29 is 8.42 Å². The molecule has 2 aromatic carbocycles. The number of primary sulfonamides is 1. The Morgan fingerprint density at radius 3 is 2.73 bits per heavy atom. The topological polar surface area (TPSA) is 96.0 Å². The lowest BCUT2D eigenvalue weighted by Gasteiger charge is -2.30. The molecule has 0 saturated carbocycles. The molecule has 112 valence electrons. The molecule has 0 saturated heterocycles. The number of nitrogens with two attached hydrogens (primary N) is 1. The molecule has 1 atom stereocenters. The van der Waals surface area contributed by atoms with Crippen molar-refractivity contribution in [3.8, 4) is 6.07 Å². The molecule has 0 heterocycles. The van der Waals surface area contributed by atoms with Gasteiger partial charge in [0.2, 0.25) is 10.0 Å². The summed E-state index contributed by atoms with van der Waals surface area (Å²) in [6, 6.07) is 14.6. The van der Waals surface area contributed by atoms with E-state index >= 15 is 0 Å². The van der Waals surface area contributed by atoms with E-state index in [-0.39, 0.29) is 10.5 Å². The van der Waals surface area contributed by atoms with Crippen molar-refractivity contribution in [3.63, 3.8) is 0 Å². The minimum Gasteiger partial charge on any atom is -0.383 e. The monoisotopic (exact) mass is 313 g/mol. The van der Waals surface area contributed by atoms with E-state index in [0.717, 1.165) is 6.42 Å². The molecule has 1 unspecified atom stereocenters. The Morgan fingerprint density at radius 2 is 2.05 bits per heavy atom. The lowest BCUT2D eigenvalue weighted by Crippen LogP contribution is -2.24. The lowest BCUT2D eigenvalue weighted by atomic mass is 9.77. The fourth-order valence-corrected chi connectivity index (χ4v) is 3.26. The Balaban J connectivity index is 1.76. The molecule has 3 rings (SSSR count). The number of benzene rings is 2. The average Bonchev–Trinajstić information content (AvgIpc) is 2.47. The summed E-state index contributed by atoms with van der Waals surface area (Å²) in [5, 5.41) is 17.5. The number of hydrogen-bond acceptors (Lipinski definition) is 4. The Labute approximate surface area is 129 Å². The van der Waals surface area contributed by atoms with Gasteiger partial charge < -0.3 is 5.32 Å². The molecule has 0 spiro atoms. The van der Waals surface area contributed by atoms with Crippen LogP contribution in [0.1, 0.15) is 22.6 Å². The zero-order chi connectivity index (χ0) is 15.7. The zero-order valence-corrected chi connectivity index (χ0v) is 12.6. The van der Waals surface area contributed by atoms with Crippen molar-refractivity contribution in [1.29, 1.82) is 5.26 Å². The normalized spacial score (nSPS) is 16.3. The highest BCUT2D eigenvalue weighted by Gasteiger charge is 2.25. The van der Waals surface area contributed by atoms with Crippen LogP contribution in [-0.4, -0.2) is 15.0 Å². The minimum atomic E-state index is -3.80. The van der Waals surface area contributed by atoms with E-state index in [1.54, 1.807) is 6.07 Å². The quantitative estimate of drug-likeness (QED) is 0.901. The molecular formula is C16H15N3O2S. The molecule has 22 heavy (non-hydrogen) atoms. The number of nitrogens with zero attached hydrogens (tertiary/aromatic N) is 1. The van der Waals surface area contributed by atoms with Crippen molar-refractivity contribution in [3.05, 3.63) is 59.2 Å². The molecule has 0 aliphatic heterocycles. The smallest absolute Gasteiger partial charge is 0.238 e. The fraction of sp³-hybridized carbons (Fsp3) is 0.188. The highest BCUT2D eigenvalue weighted by atomic mass is 32.2. The van der Waals surface area contributed by atoms with E-state index in [4.69, 9.17) is 5.14 Å². The Morgan fingerprint density at radius 1 is 1.27 bits per heavy atom. The molecule has 2 aromatic rings. The van der Waals surface area contributed by atoms with Gasteiger partial charge in [0, 0.05) is 12.5 Å². The van der Waals surface area contributed by atoms with Crippen LogP contribution in [0, 0.1) is 11.3 Å². The molecule has 1 aliphatic rings. The standard InChI is InChI=1S/C16H15N3O2S/c17-9-12-8-14(22(18,20)21)5-6-16(12)19-10-13-7-11-3-1-2-4-15(11)13/h1-6,8,13,19H,7,10H2,(H2,18,20,21). The first-order chi connectivity index (χ1) is 10.5. The van der Waals surface area contributed by atoms with Crippen molar-refractivity contribution in [2.45, 2.75) is 17.2 Å². The summed E-state index contributed by atoms with van der Waals surface area (Å²) in [4.78, 5) is -0.0522. The van der Waals surface area contributed by atoms with Crippen LogP contribution in [0.25, 0.3) is 0 Å². The van der Waals surface area contributed by atoms with E-state index < -0.39 is 10.0 Å². The van der Waals surface area contributed by atoms with Crippen molar-refractivity contribution in [2.75, 3.05) is 11.9 Å². The zero-order valence-electron chi connectivity index (χ0n) is 11.8. The molecule has 1 aliphatic carbocycles. The van der Waals surface area contributed by atoms with E-state index in [0.29, 0.717) is 18.2 Å². The van der Waals surface area contributed by atoms with Crippen molar-refractivity contribution >= 4 is 15.7 Å². The first-order valence-electron chi connectivity index (χ1n) is 6.87. The predicted molar refractivity (Wildman–Crippen MR) is 83.9 cm³/mol. The molecule has 0 radical (unpaired) electrons. The molecule has 6 heteroatoms. The van der Waals surface area contributed by atoms with Gasteiger partial charge in [-0.3, -0.25) is 0 Å². The maximum absolute atomic E-state index is 11.3. The van der Waals surface area contributed by atoms with Gasteiger partial charge in [0.05, 0.1) is 16.1 Å². The maximum atomic E-state index is 11.3. The Kier molecular flexibility index (Phi) is 3.61. The van der Waals surface area contributed by atoms with Gasteiger partial charge in [-0.25, -0.2) is 13.6 Å². The van der Waals surface area contributed by atoms with Gasteiger partial charge in [0.1, 0.15) is 6.07 Å². The second kappa shape index (κ2) is 5.44. The fourth-order valence-electron chi connectivity index (χ4n) is 2.72. The summed E-state index contributed by atoms with van der Waals surface area (Å²) in [5.41, 5.74) is 3.59. The van der Waals surface area contributed by atoms with E-state index in [1.165, 1.54) is 23.3 Å². The first-order valence-corrected chi connectivity index (χ1v) is 8.42. The van der Waals surface area contributed by atoms with E-state index in [2.05, 4.69) is 17.4 Å². The van der Waals surface area contributed by atoms with Crippen LogP contribution < -0.4 is 10.5 Å². The molecule has 0 aromatic heterocycles. The van der Waals surface area contributed by atoms with Gasteiger partial charge in [-0.1, -0.05) is 24.3 Å². The number of hydrogen-bond donors (Lipinski definition) is 2. The number of rotatable bonds is 4. The largest absolute Gasteiger partial charge is 0.383 e. The Hall–Kier alpha value is -2.36. The summed E-state index contributed by atoms with van der Waals surface area (Å²) in [7, 11) is -3.80. The van der Waals surface area contributed by atoms with Crippen LogP contribution in [0.15, 0.2) is 47.4 Å². The number of fused-ring (bicyclic) bond motifs is 1. The van der Waals surface area contributed by atoms with E-state index in [1.807, 2.05) is 18.2 Å². The van der Waals surface area contributed by atoms with Gasteiger partial charge in [0.15, 0.2) is 0 Å². The summed E-state index contributed by atoms with van der Waals surface area (Å²) < 4.78 is 22.6. The van der Waals surface area contributed by atoms with Crippen LogP contribution >= 0.6 is 0 Å². The van der Waals surface area contributed by atoms with Crippen LogP contribution in [0.2, 0.25) is 0 Å². The highest BCUT2D eigenvalue weighted by molar-refractivity contribution is 7.89. The molecule has 5 nitrogen and oxygen atoms in total. The van der Waals surface area contributed by atoms with Crippen molar-refractivity contribution in [2.24, 2.45) is 5.14 Å². The summed E-state index contributed by atoms with van der Waals surface area (Å²) in [6.45, 7) is 0.709. The average molecular weight is 313 g/mol. The molecular weight excluding hydrogens is 298 g/mol. The molecule has 0 bridgehead atoms. The SMILES string of the molecule is N#Cc1cc(S(N)(=O)=O)ccc1NCC1Cc2ccccc21. The predicted octanol–water partition coefficient (Wildman–Crippen LogP) is 1.96. The van der Waals surface area contributed by atoms with Crippen LogP contribution in [0.4, 0.5) is 5.69 Å². The number of anilines is 1. The third-order valence-corrected chi connectivity index (χ3v) is 4.85. The van der Waals surface area contributed by atoms with Gasteiger partial charge in [-0.05, 0) is 35.7 Å². The molecule has 0 amide bonds. The lowest BCUT2D eigenvalue weighted by molar-refractivity contribution is 0.597. The summed E-state index contributed by atoms with van der Waals surface area (Å²) in [5.74, 6) is 0.417. The molecule has 3 N–H and O–H groups in total. The van der Waals surface area contributed by atoms with Gasteiger partial charge in [-0.15, -0.1) is 0 Å². The summed E-state index contributed by atoms with van der Waals surface area (Å²) in [6.07, 6.45) is 1.01. The van der Waals surface area contributed by atoms with Gasteiger partial charge in [0.25, 0.3) is 0 Å². The number of sulfonamides is 1. The summed E-state index contributed by atoms with van der Waals surface area (Å²) >= 11 is 0. The van der Waals surface area contributed by atoms with Crippen molar-refractivity contribution in [1.82, 2.24) is 0 Å². The third-order valence-electron chi connectivity index (χ3n) is 3.94.